The van der Waals surface area contributed by atoms with E-state index in [0.29, 0.717) is 11.7 Å². The van der Waals surface area contributed by atoms with E-state index in [-0.39, 0.29) is 11.5 Å². The predicted octanol–water partition coefficient (Wildman–Crippen LogP) is 3.58. The summed E-state index contributed by atoms with van der Waals surface area (Å²) in [7, 11) is 0. The first kappa shape index (κ1) is 18.8. The second-order valence-corrected chi connectivity index (χ2v) is 9.01. The molecule has 1 aliphatic heterocycles. The molecular formula is C23H26ClN5. The quantitative estimate of drug-likeness (QED) is 0.771. The van der Waals surface area contributed by atoms with Crippen molar-refractivity contribution >= 4 is 17.4 Å². The maximum Gasteiger partial charge on any atom is 0.224 e. The fourth-order valence-electron chi connectivity index (χ4n) is 5.64. The highest BCUT2D eigenvalue weighted by Gasteiger charge is 2.41. The number of nitrogens with one attached hydrogen (secondary N) is 1. The first-order valence-corrected chi connectivity index (χ1v) is 11.1. The summed E-state index contributed by atoms with van der Waals surface area (Å²) in [4.78, 5) is 11.7. The number of nitrogens with zero attached hydrogens (tertiary/aromatic N) is 4. The van der Waals surface area contributed by atoms with Gasteiger partial charge in [0.05, 0.1) is 18.2 Å². The molecule has 0 bridgehead atoms. The van der Waals surface area contributed by atoms with E-state index in [0.717, 1.165) is 50.4 Å². The molecule has 6 heteroatoms. The van der Waals surface area contributed by atoms with E-state index in [4.69, 9.17) is 21.8 Å². The van der Waals surface area contributed by atoms with Crippen LogP contribution in [0.1, 0.15) is 48.1 Å². The second-order valence-electron chi connectivity index (χ2n) is 8.67. The number of halogens is 1. The van der Waals surface area contributed by atoms with E-state index in [9.17, 15) is 0 Å². The number of benzene rings is 1. The molecule has 1 spiro atoms. The molecule has 1 aromatic heterocycles. The van der Waals surface area contributed by atoms with Crippen molar-refractivity contribution in [2.45, 2.75) is 56.4 Å². The van der Waals surface area contributed by atoms with E-state index in [2.05, 4.69) is 45.5 Å². The summed E-state index contributed by atoms with van der Waals surface area (Å²) < 4.78 is 0. The molecule has 3 aliphatic rings. The lowest BCUT2D eigenvalue weighted by Crippen LogP contribution is -2.51. The van der Waals surface area contributed by atoms with Gasteiger partial charge in [-0.15, -0.1) is 0 Å². The average Bonchev–Trinajstić information content (AvgIpc) is 2.74. The molecule has 1 N–H and O–H groups in total. The first-order valence-electron chi connectivity index (χ1n) is 10.7. The van der Waals surface area contributed by atoms with Crippen molar-refractivity contribution < 1.29 is 0 Å². The summed E-state index contributed by atoms with van der Waals surface area (Å²) in [5, 5.41) is 12.9. The van der Waals surface area contributed by atoms with Crippen molar-refractivity contribution in [3.05, 3.63) is 51.9 Å². The average molecular weight is 408 g/mol. The Morgan fingerprint density at radius 3 is 3.03 bits per heavy atom. The van der Waals surface area contributed by atoms with Crippen LogP contribution in [0, 0.1) is 11.3 Å². The van der Waals surface area contributed by atoms with E-state index in [1.165, 1.54) is 36.0 Å². The predicted molar refractivity (Wildman–Crippen MR) is 114 cm³/mol. The number of hydrogen-bond acceptors (Lipinski definition) is 5. The van der Waals surface area contributed by atoms with Crippen LogP contribution in [0.25, 0.3) is 0 Å². The molecule has 0 amide bonds. The molecular weight excluding hydrogens is 382 g/mol. The highest BCUT2D eigenvalue weighted by Crippen LogP contribution is 2.47. The van der Waals surface area contributed by atoms with Crippen molar-refractivity contribution in [2.24, 2.45) is 0 Å². The zero-order chi connectivity index (χ0) is 19.8. The Balaban J connectivity index is 1.50. The van der Waals surface area contributed by atoms with Gasteiger partial charge in [0.1, 0.15) is 5.82 Å². The molecule has 5 nitrogen and oxygen atoms in total. The van der Waals surface area contributed by atoms with Crippen LogP contribution in [0.2, 0.25) is 5.28 Å². The first-order chi connectivity index (χ1) is 14.2. The number of aryl methyl sites for hydroxylation is 1. The largest absolute Gasteiger partial charge is 0.353 e. The summed E-state index contributed by atoms with van der Waals surface area (Å²) in [6.45, 7) is 2.54. The van der Waals surface area contributed by atoms with Gasteiger partial charge in [-0.25, -0.2) is 9.97 Å². The third-order valence-electron chi connectivity index (χ3n) is 6.99. The Morgan fingerprint density at radius 2 is 2.14 bits per heavy atom. The standard InChI is InChI=1S/C23H26ClN5/c24-22-27-20-14-23(9-3-5-16-4-1-2-6-19(16)23)10-7-18(20)21(28-22)29-13-12-26-17(15-29)8-11-25/h1-2,4,6,17,26H,3,5,7-10,12-15H2/t17-,23?/m0/s1. The van der Waals surface area contributed by atoms with Crippen LogP contribution in [0.3, 0.4) is 0 Å². The van der Waals surface area contributed by atoms with Gasteiger partial charge in [0.15, 0.2) is 0 Å². The molecule has 29 heavy (non-hydrogen) atoms. The van der Waals surface area contributed by atoms with Gasteiger partial charge >= 0.3 is 0 Å². The fourth-order valence-corrected chi connectivity index (χ4v) is 5.82. The minimum absolute atomic E-state index is 0.179. The summed E-state index contributed by atoms with van der Waals surface area (Å²) >= 11 is 6.41. The number of nitriles is 1. The molecule has 1 saturated heterocycles. The van der Waals surface area contributed by atoms with E-state index < -0.39 is 0 Å². The molecule has 0 saturated carbocycles. The van der Waals surface area contributed by atoms with Gasteiger partial charge in [-0.05, 0) is 61.3 Å². The van der Waals surface area contributed by atoms with Crippen molar-refractivity contribution in [1.82, 2.24) is 15.3 Å². The Bertz CT molecular complexity index is 968. The Kier molecular flexibility index (Phi) is 4.93. The fraction of sp³-hybridized carbons (Fsp3) is 0.522. The molecule has 2 aliphatic carbocycles. The molecule has 1 unspecified atom stereocenters. The van der Waals surface area contributed by atoms with E-state index >= 15 is 0 Å². The molecule has 2 aromatic rings. The number of rotatable bonds is 2. The highest BCUT2D eigenvalue weighted by molar-refractivity contribution is 6.28. The molecule has 0 radical (unpaired) electrons. The minimum atomic E-state index is 0.179. The van der Waals surface area contributed by atoms with Crippen molar-refractivity contribution in [3.8, 4) is 6.07 Å². The number of hydrogen-bond donors (Lipinski definition) is 1. The van der Waals surface area contributed by atoms with Gasteiger partial charge in [-0.2, -0.15) is 5.26 Å². The number of piperazine rings is 1. The van der Waals surface area contributed by atoms with Crippen LogP contribution in [-0.4, -0.2) is 35.6 Å². The van der Waals surface area contributed by atoms with Crippen LogP contribution in [0.15, 0.2) is 24.3 Å². The van der Waals surface area contributed by atoms with Gasteiger partial charge < -0.3 is 10.2 Å². The van der Waals surface area contributed by atoms with Crippen molar-refractivity contribution in [1.29, 1.82) is 5.26 Å². The van der Waals surface area contributed by atoms with Gasteiger partial charge in [-0.3, -0.25) is 0 Å². The second kappa shape index (κ2) is 7.59. The summed E-state index contributed by atoms with van der Waals surface area (Å²) in [5.41, 5.74) is 5.59. The zero-order valence-corrected chi connectivity index (χ0v) is 17.4. The monoisotopic (exact) mass is 407 g/mol. The normalized spacial score (nSPS) is 25.9. The smallest absolute Gasteiger partial charge is 0.224 e. The lowest BCUT2D eigenvalue weighted by molar-refractivity contribution is 0.312. The number of anilines is 1. The Hall–Kier alpha value is -2.16. The number of fused-ring (bicyclic) bond motifs is 3. The lowest BCUT2D eigenvalue weighted by atomic mass is 9.62. The third kappa shape index (κ3) is 3.39. The maximum absolute atomic E-state index is 9.08. The van der Waals surface area contributed by atoms with Gasteiger partial charge in [-0.1, -0.05) is 24.3 Å². The van der Waals surface area contributed by atoms with Crippen LogP contribution in [0.4, 0.5) is 5.82 Å². The molecule has 2 atom stereocenters. The highest BCUT2D eigenvalue weighted by atomic mass is 35.5. The molecule has 2 heterocycles. The molecule has 1 aromatic carbocycles. The summed E-state index contributed by atoms with van der Waals surface area (Å²) in [5.74, 6) is 0.989. The minimum Gasteiger partial charge on any atom is -0.353 e. The van der Waals surface area contributed by atoms with Crippen LogP contribution in [-0.2, 0) is 24.7 Å². The molecule has 1 fully saturated rings. The summed E-state index contributed by atoms with van der Waals surface area (Å²) in [6, 6.07) is 11.4. The van der Waals surface area contributed by atoms with Crippen molar-refractivity contribution in [2.75, 3.05) is 24.5 Å². The lowest BCUT2D eigenvalue weighted by Gasteiger charge is -2.43. The van der Waals surface area contributed by atoms with Crippen LogP contribution >= 0.6 is 11.6 Å². The SMILES string of the molecule is N#CC[C@H]1CN(c2nc(Cl)nc3c2CCC2(CCCc4ccccc42)C3)CCN1. The van der Waals surface area contributed by atoms with Crippen LogP contribution < -0.4 is 10.2 Å². The van der Waals surface area contributed by atoms with Crippen molar-refractivity contribution in [3.63, 3.8) is 0 Å². The van der Waals surface area contributed by atoms with E-state index in [1.54, 1.807) is 0 Å². The van der Waals surface area contributed by atoms with Gasteiger partial charge in [0.25, 0.3) is 0 Å². The molecule has 5 rings (SSSR count). The Morgan fingerprint density at radius 1 is 1.24 bits per heavy atom. The van der Waals surface area contributed by atoms with Gasteiger partial charge in [0.2, 0.25) is 5.28 Å². The maximum atomic E-state index is 9.08. The van der Waals surface area contributed by atoms with Crippen LogP contribution in [0.5, 0.6) is 0 Å². The Labute approximate surface area is 177 Å². The zero-order valence-electron chi connectivity index (χ0n) is 16.6. The third-order valence-corrected chi connectivity index (χ3v) is 7.15. The topological polar surface area (TPSA) is 64.8 Å². The van der Waals surface area contributed by atoms with Gasteiger partial charge in [0, 0.05) is 36.7 Å². The molecule has 150 valence electrons. The summed E-state index contributed by atoms with van der Waals surface area (Å²) in [6.07, 6.45) is 7.23. The number of aromatic nitrogens is 2. The van der Waals surface area contributed by atoms with E-state index in [1.807, 2.05) is 0 Å².